The normalized spacial score (nSPS) is 11.3. The van der Waals surface area contributed by atoms with E-state index in [1.807, 2.05) is 13.0 Å². The summed E-state index contributed by atoms with van der Waals surface area (Å²) in [7, 11) is 1.42. The first-order valence-electron chi connectivity index (χ1n) is 6.75. The molecule has 0 unspecified atom stereocenters. The summed E-state index contributed by atoms with van der Waals surface area (Å²) in [6.45, 7) is 1.93. The highest BCUT2D eigenvalue weighted by Gasteiger charge is 2.31. The first-order chi connectivity index (χ1) is 10.4. The molecule has 0 amide bonds. The monoisotopic (exact) mass is 308 g/mol. The number of methoxy groups -OCH3 is 1. The molecule has 0 N–H and O–H groups in total. The van der Waals surface area contributed by atoms with E-state index in [1.54, 1.807) is 12.1 Å². The van der Waals surface area contributed by atoms with Crippen LogP contribution in [0.4, 0.5) is 13.2 Å². The number of ether oxygens (including phenoxy) is 1. The van der Waals surface area contributed by atoms with Gasteiger partial charge in [-0.15, -0.1) is 0 Å². The van der Waals surface area contributed by atoms with E-state index in [0.717, 1.165) is 17.7 Å². The predicted octanol–water partition coefficient (Wildman–Crippen LogP) is 4.51. The number of carbonyl (C=O) groups is 1. The number of aryl methyl sites for hydroxylation is 1. The third-order valence-electron chi connectivity index (χ3n) is 3.37. The Kier molecular flexibility index (Phi) is 4.54. The van der Waals surface area contributed by atoms with Gasteiger partial charge in [-0.2, -0.15) is 13.2 Å². The van der Waals surface area contributed by atoms with E-state index in [4.69, 9.17) is 4.74 Å². The lowest BCUT2D eigenvalue weighted by molar-refractivity contribution is -0.137. The Morgan fingerprint density at radius 3 is 2.45 bits per heavy atom. The number of alkyl halides is 3. The minimum Gasteiger partial charge on any atom is -0.496 e. The van der Waals surface area contributed by atoms with E-state index < -0.39 is 17.5 Å². The molecule has 2 nitrogen and oxygen atoms in total. The van der Waals surface area contributed by atoms with Gasteiger partial charge in [-0.05, 0) is 36.2 Å². The van der Waals surface area contributed by atoms with Gasteiger partial charge in [0.1, 0.15) is 5.75 Å². The molecule has 0 aliphatic carbocycles. The first-order valence-corrected chi connectivity index (χ1v) is 6.75. The Morgan fingerprint density at radius 2 is 1.86 bits per heavy atom. The molecule has 0 heterocycles. The molecule has 0 bridgehead atoms. The van der Waals surface area contributed by atoms with Crippen molar-refractivity contribution in [3.8, 4) is 5.75 Å². The van der Waals surface area contributed by atoms with Crippen molar-refractivity contribution in [1.29, 1.82) is 0 Å². The van der Waals surface area contributed by atoms with Crippen LogP contribution >= 0.6 is 0 Å². The van der Waals surface area contributed by atoms with Crippen molar-refractivity contribution < 1.29 is 22.7 Å². The molecular weight excluding hydrogens is 293 g/mol. The summed E-state index contributed by atoms with van der Waals surface area (Å²) in [5.41, 5.74) is 0.322. The van der Waals surface area contributed by atoms with Crippen LogP contribution < -0.4 is 4.74 Å². The quantitative estimate of drug-likeness (QED) is 0.777. The molecule has 2 aromatic rings. The largest absolute Gasteiger partial charge is 0.496 e. The van der Waals surface area contributed by atoms with Crippen LogP contribution in [-0.2, 0) is 12.6 Å². The number of hydrogen-bond acceptors (Lipinski definition) is 2. The summed E-state index contributed by atoms with van der Waals surface area (Å²) >= 11 is 0. The Hall–Kier alpha value is -2.30. The van der Waals surface area contributed by atoms with Crippen LogP contribution in [-0.4, -0.2) is 12.9 Å². The van der Waals surface area contributed by atoms with E-state index >= 15 is 0 Å². The number of halogens is 3. The zero-order valence-corrected chi connectivity index (χ0v) is 12.2. The lowest BCUT2D eigenvalue weighted by Crippen LogP contribution is -2.09. The maximum atomic E-state index is 12.8. The zero-order valence-electron chi connectivity index (χ0n) is 12.2. The summed E-state index contributed by atoms with van der Waals surface area (Å²) in [5.74, 6) is -0.141. The Morgan fingerprint density at radius 1 is 1.14 bits per heavy atom. The van der Waals surface area contributed by atoms with Gasteiger partial charge in [0.15, 0.2) is 5.78 Å². The highest BCUT2D eigenvalue weighted by atomic mass is 19.4. The second kappa shape index (κ2) is 6.22. The lowest BCUT2D eigenvalue weighted by atomic mass is 9.98. The highest BCUT2D eigenvalue weighted by Crippen LogP contribution is 2.31. The summed E-state index contributed by atoms with van der Waals surface area (Å²) in [4.78, 5) is 12.5. The van der Waals surface area contributed by atoms with Gasteiger partial charge in [0.2, 0.25) is 0 Å². The molecule has 5 heteroatoms. The van der Waals surface area contributed by atoms with Crippen molar-refractivity contribution in [2.75, 3.05) is 7.11 Å². The molecule has 0 atom stereocenters. The van der Waals surface area contributed by atoms with Crippen LogP contribution in [0.2, 0.25) is 0 Å². The van der Waals surface area contributed by atoms with Crippen molar-refractivity contribution in [2.24, 2.45) is 0 Å². The SMILES string of the molecule is CCc1ccc(OC)c(C(=O)c2cccc(C(F)(F)F)c2)c1. The fraction of sp³-hybridized carbons (Fsp3) is 0.235. The average molecular weight is 308 g/mol. The van der Waals surface area contributed by atoms with Crippen LogP contribution in [0.15, 0.2) is 42.5 Å². The molecule has 0 radical (unpaired) electrons. The third-order valence-corrected chi connectivity index (χ3v) is 3.37. The van der Waals surface area contributed by atoms with E-state index in [-0.39, 0.29) is 11.1 Å². The van der Waals surface area contributed by atoms with Gasteiger partial charge in [0.25, 0.3) is 0 Å². The molecular formula is C17H15F3O2. The Balaban J connectivity index is 2.48. The van der Waals surface area contributed by atoms with Crippen LogP contribution in [0.3, 0.4) is 0 Å². The molecule has 116 valence electrons. The van der Waals surface area contributed by atoms with Gasteiger partial charge in [0, 0.05) is 5.56 Å². The standard InChI is InChI=1S/C17H15F3O2/c1-3-11-7-8-15(22-2)14(9-11)16(21)12-5-4-6-13(10-12)17(18,19)20/h4-10H,3H2,1-2H3. The molecule has 0 aliphatic heterocycles. The van der Waals surface area contributed by atoms with Crippen molar-refractivity contribution in [3.05, 3.63) is 64.7 Å². The van der Waals surface area contributed by atoms with Gasteiger partial charge in [0.05, 0.1) is 18.2 Å². The second-order valence-electron chi connectivity index (χ2n) is 4.80. The number of carbonyl (C=O) groups excluding carboxylic acids is 1. The number of benzene rings is 2. The average Bonchev–Trinajstić information content (AvgIpc) is 2.52. The topological polar surface area (TPSA) is 26.3 Å². The number of hydrogen-bond donors (Lipinski definition) is 0. The molecule has 0 saturated carbocycles. The first kappa shape index (κ1) is 16.1. The fourth-order valence-electron chi connectivity index (χ4n) is 2.14. The minimum absolute atomic E-state index is 0.0126. The van der Waals surface area contributed by atoms with Gasteiger partial charge in [-0.3, -0.25) is 4.79 Å². The van der Waals surface area contributed by atoms with Crippen molar-refractivity contribution in [1.82, 2.24) is 0 Å². The minimum atomic E-state index is -4.48. The number of rotatable bonds is 4. The molecule has 2 rings (SSSR count). The summed E-state index contributed by atoms with van der Waals surface area (Å²) < 4.78 is 43.4. The molecule has 0 aliphatic rings. The van der Waals surface area contributed by atoms with Crippen LogP contribution in [0.25, 0.3) is 0 Å². The van der Waals surface area contributed by atoms with E-state index in [2.05, 4.69) is 0 Å². The van der Waals surface area contributed by atoms with E-state index in [0.29, 0.717) is 12.2 Å². The van der Waals surface area contributed by atoms with E-state index in [9.17, 15) is 18.0 Å². The smallest absolute Gasteiger partial charge is 0.416 e. The molecule has 0 aromatic heterocycles. The van der Waals surface area contributed by atoms with Crippen LogP contribution in [0.1, 0.15) is 34.0 Å². The Labute approximate surface area is 126 Å². The fourth-order valence-corrected chi connectivity index (χ4v) is 2.14. The van der Waals surface area contributed by atoms with Crippen molar-refractivity contribution >= 4 is 5.78 Å². The lowest BCUT2D eigenvalue weighted by Gasteiger charge is -2.11. The maximum Gasteiger partial charge on any atom is 0.416 e. The summed E-state index contributed by atoms with van der Waals surface area (Å²) in [6.07, 6.45) is -3.77. The Bertz CT molecular complexity index is 691. The summed E-state index contributed by atoms with van der Waals surface area (Å²) in [6, 6.07) is 9.53. The molecule has 2 aromatic carbocycles. The second-order valence-corrected chi connectivity index (χ2v) is 4.80. The number of ketones is 1. The zero-order chi connectivity index (χ0) is 16.3. The van der Waals surface area contributed by atoms with Crippen LogP contribution in [0.5, 0.6) is 5.75 Å². The molecule has 0 spiro atoms. The molecule has 0 saturated heterocycles. The third kappa shape index (κ3) is 3.30. The predicted molar refractivity (Wildman–Crippen MR) is 77.2 cm³/mol. The molecule has 0 fully saturated rings. The van der Waals surface area contributed by atoms with Gasteiger partial charge >= 0.3 is 6.18 Å². The van der Waals surface area contributed by atoms with E-state index in [1.165, 1.54) is 19.2 Å². The molecule has 22 heavy (non-hydrogen) atoms. The van der Waals surface area contributed by atoms with Gasteiger partial charge in [-0.1, -0.05) is 25.1 Å². The van der Waals surface area contributed by atoms with Crippen LogP contribution in [0, 0.1) is 0 Å². The van der Waals surface area contributed by atoms with Crippen molar-refractivity contribution in [2.45, 2.75) is 19.5 Å². The maximum absolute atomic E-state index is 12.8. The van der Waals surface area contributed by atoms with Gasteiger partial charge in [-0.25, -0.2) is 0 Å². The van der Waals surface area contributed by atoms with Gasteiger partial charge < -0.3 is 4.74 Å². The highest BCUT2D eigenvalue weighted by molar-refractivity contribution is 6.10. The summed E-state index contributed by atoms with van der Waals surface area (Å²) in [5, 5.41) is 0. The van der Waals surface area contributed by atoms with Crippen molar-refractivity contribution in [3.63, 3.8) is 0 Å².